The first kappa shape index (κ1) is 21.4. The van der Waals surface area contributed by atoms with Crippen LogP contribution in [0, 0.1) is 0 Å². The Morgan fingerprint density at radius 1 is 1.24 bits per heavy atom. The molecule has 160 valence electrons. The molecule has 1 aromatic rings. The highest BCUT2D eigenvalue weighted by atomic mass is 32.1. The van der Waals surface area contributed by atoms with Crippen LogP contribution >= 0.6 is 11.3 Å². The SMILES string of the molecule is C[C@H]1CN(C(=O)OC(C)(C)C)[C@@H](C)CN1C(=O)Cc1csc(N2CCNC2=O)n1. The van der Waals surface area contributed by atoms with E-state index in [1.807, 2.05) is 40.0 Å². The van der Waals surface area contributed by atoms with Crippen molar-refractivity contribution in [2.24, 2.45) is 0 Å². The van der Waals surface area contributed by atoms with Gasteiger partial charge in [-0.05, 0) is 34.6 Å². The summed E-state index contributed by atoms with van der Waals surface area (Å²) in [7, 11) is 0. The van der Waals surface area contributed by atoms with Crippen LogP contribution in [0.1, 0.15) is 40.3 Å². The van der Waals surface area contributed by atoms with Crippen LogP contribution in [0.15, 0.2) is 5.38 Å². The minimum absolute atomic E-state index is 0.0316. The summed E-state index contributed by atoms with van der Waals surface area (Å²) in [6, 6.07) is -0.407. The highest BCUT2D eigenvalue weighted by molar-refractivity contribution is 7.14. The zero-order valence-corrected chi connectivity index (χ0v) is 18.4. The van der Waals surface area contributed by atoms with Crippen molar-refractivity contribution in [2.75, 3.05) is 31.1 Å². The van der Waals surface area contributed by atoms with Crippen molar-refractivity contribution in [1.82, 2.24) is 20.1 Å². The Labute approximate surface area is 175 Å². The molecule has 2 aliphatic heterocycles. The number of carbonyl (C=O) groups excluding carboxylic acids is 3. The van der Waals surface area contributed by atoms with Gasteiger partial charge in [0.25, 0.3) is 0 Å². The number of nitrogens with one attached hydrogen (secondary N) is 1. The molecule has 0 saturated carbocycles. The molecule has 2 atom stereocenters. The molecule has 29 heavy (non-hydrogen) atoms. The third-order valence-electron chi connectivity index (χ3n) is 4.89. The third kappa shape index (κ3) is 4.98. The number of hydrogen-bond donors (Lipinski definition) is 1. The lowest BCUT2D eigenvalue weighted by Crippen LogP contribution is -2.60. The zero-order chi connectivity index (χ0) is 21.3. The van der Waals surface area contributed by atoms with Crippen molar-refractivity contribution in [1.29, 1.82) is 0 Å². The van der Waals surface area contributed by atoms with Gasteiger partial charge in [-0.25, -0.2) is 14.6 Å². The second-order valence-electron chi connectivity index (χ2n) is 8.56. The summed E-state index contributed by atoms with van der Waals surface area (Å²) in [6.45, 7) is 11.4. The minimum atomic E-state index is -0.554. The summed E-state index contributed by atoms with van der Waals surface area (Å²) in [5, 5.41) is 5.18. The van der Waals surface area contributed by atoms with Crippen molar-refractivity contribution >= 4 is 34.5 Å². The van der Waals surface area contributed by atoms with E-state index in [1.54, 1.807) is 14.7 Å². The van der Waals surface area contributed by atoms with E-state index in [4.69, 9.17) is 4.74 Å². The summed E-state index contributed by atoms with van der Waals surface area (Å²) >= 11 is 1.36. The lowest BCUT2D eigenvalue weighted by Gasteiger charge is -2.44. The number of amides is 4. The molecule has 0 aliphatic carbocycles. The molecule has 0 aromatic carbocycles. The minimum Gasteiger partial charge on any atom is -0.444 e. The van der Waals surface area contributed by atoms with E-state index in [9.17, 15) is 14.4 Å². The van der Waals surface area contributed by atoms with Gasteiger partial charge in [-0.3, -0.25) is 9.69 Å². The third-order valence-corrected chi connectivity index (χ3v) is 5.81. The van der Waals surface area contributed by atoms with Crippen LogP contribution in [-0.2, 0) is 16.0 Å². The molecular weight excluding hydrogens is 394 g/mol. The zero-order valence-electron chi connectivity index (χ0n) is 17.6. The van der Waals surface area contributed by atoms with Gasteiger partial charge < -0.3 is 19.9 Å². The van der Waals surface area contributed by atoms with Gasteiger partial charge in [0.15, 0.2) is 5.13 Å². The summed E-state index contributed by atoms with van der Waals surface area (Å²) in [5.41, 5.74) is 0.103. The number of urea groups is 1. The number of piperazine rings is 1. The highest BCUT2D eigenvalue weighted by Crippen LogP contribution is 2.24. The van der Waals surface area contributed by atoms with Crippen molar-refractivity contribution in [2.45, 2.75) is 58.7 Å². The lowest BCUT2D eigenvalue weighted by atomic mass is 10.1. The van der Waals surface area contributed by atoms with E-state index < -0.39 is 5.60 Å². The maximum atomic E-state index is 12.9. The van der Waals surface area contributed by atoms with E-state index >= 15 is 0 Å². The van der Waals surface area contributed by atoms with Crippen LogP contribution in [0.25, 0.3) is 0 Å². The van der Waals surface area contributed by atoms with Crippen molar-refractivity contribution in [3.8, 4) is 0 Å². The maximum absolute atomic E-state index is 12.9. The van der Waals surface area contributed by atoms with Crippen LogP contribution in [0.5, 0.6) is 0 Å². The fourth-order valence-corrected chi connectivity index (χ4v) is 4.31. The molecule has 10 heteroatoms. The van der Waals surface area contributed by atoms with Crippen LogP contribution < -0.4 is 10.2 Å². The Morgan fingerprint density at radius 2 is 1.90 bits per heavy atom. The second kappa shape index (κ2) is 8.17. The van der Waals surface area contributed by atoms with Crippen molar-refractivity contribution < 1.29 is 19.1 Å². The van der Waals surface area contributed by atoms with E-state index in [-0.39, 0.29) is 36.5 Å². The molecule has 0 unspecified atom stereocenters. The topological polar surface area (TPSA) is 95.1 Å². The molecule has 2 saturated heterocycles. The average molecular weight is 424 g/mol. The molecule has 2 aliphatic rings. The number of hydrogen-bond acceptors (Lipinski definition) is 6. The molecular formula is C19H29N5O4S. The highest BCUT2D eigenvalue weighted by Gasteiger charge is 2.36. The predicted octanol–water partition coefficient (Wildman–Crippen LogP) is 2.07. The van der Waals surface area contributed by atoms with Gasteiger partial charge >= 0.3 is 12.1 Å². The molecule has 3 rings (SSSR count). The summed E-state index contributed by atoms with van der Waals surface area (Å²) in [5.74, 6) is -0.0316. The summed E-state index contributed by atoms with van der Waals surface area (Å²) in [4.78, 5) is 46.6. The first-order valence-corrected chi connectivity index (χ1v) is 10.7. The van der Waals surface area contributed by atoms with E-state index in [1.165, 1.54) is 11.3 Å². The van der Waals surface area contributed by atoms with Gasteiger partial charge in [0.2, 0.25) is 5.91 Å². The molecule has 0 spiro atoms. The maximum Gasteiger partial charge on any atom is 0.410 e. The number of thiazole rings is 1. The number of aromatic nitrogens is 1. The quantitative estimate of drug-likeness (QED) is 0.803. The Kier molecular flexibility index (Phi) is 6.02. The Morgan fingerprint density at radius 3 is 2.52 bits per heavy atom. The standard InChI is InChI=1S/C19H29N5O4S/c1-12-10-24(18(27)28-19(3,4)5)13(2)9-23(12)15(25)8-14-11-29-17(21-14)22-7-6-20-16(22)26/h11-13H,6-10H2,1-5H3,(H,20,26)/t12-,13-/m0/s1. The van der Waals surface area contributed by atoms with E-state index in [0.29, 0.717) is 37.0 Å². The van der Waals surface area contributed by atoms with Crippen molar-refractivity contribution in [3.63, 3.8) is 0 Å². The number of anilines is 1. The van der Waals surface area contributed by atoms with Crippen LogP contribution in [-0.4, -0.2) is 76.7 Å². The molecule has 1 aromatic heterocycles. The van der Waals surface area contributed by atoms with E-state index in [0.717, 1.165) is 0 Å². The van der Waals surface area contributed by atoms with Crippen molar-refractivity contribution in [3.05, 3.63) is 11.1 Å². The summed E-state index contributed by atoms with van der Waals surface area (Å²) < 4.78 is 5.49. The molecule has 0 bridgehead atoms. The number of ether oxygens (including phenoxy) is 1. The predicted molar refractivity (Wildman–Crippen MR) is 110 cm³/mol. The van der Waals surface area contributed by atoms with Gasteiger partial charge in [0.1, 0.15) is 5.60 Å². The number of carbonyl (C=O) groups is 3. The molecule has 4 amide bonds. The van der Waals surface area contributed by atoms with Crippen LogP contribution in [0.4, 0.5) is 14.7 Å². The molecule has 3 heterocycles. The summed E-state index contributed by atoms with van der Waals surface area (Å²) in [6.07, 6.45) is -0.174. The Balaban J connectivity index is 1.60. The number of nitrogens with zero attached hydrogens (tertiary/aromatic N) is 4. The first-order valence-electron chi connectivity index (χ1n) is 9.84. The van der Waals surface area contributed by atoms with Crippen LogP contribution in [0.3, 0.4) is 0 Å². The second-order valence-corrected chi connectivity index (χ2v) is 9.40. The lowest BCUT2D eigenvalue weighted by molar-refractivity contribution is -0.136. The average Bonchev–Trinajstić information content (AvgIpc) is 3.23. The Hall–Kier alpha value is -2.36. The van der Waals surface area contributed by atoms with E-state index in [2.05, 4.69) is 10.3 Å². The monoisotopic (exact) mass is 423 g/mol. The normalized spacial score (nSPS) is 22.7. The van der Waals surface area contributed by atoms with Gasteiger partial charge in [0.05, 0.1) is 12.1 Å². The van der Waals surface area contributed by atoms with Gasteiger partial charge in [-0.15, -0.1) is 11.3 Å². The molecule has 0 radical (unpaired) electrons. The van der Waals surface area contributed by atoms with Gasteiger partial charge in [0, 0.05) is 43.6 Å². The fraction of sp³-hybridized carbons (Fsp3) is 0.684. The molecule has 2 fully saturated rings. The molecule has 1 N–H and O–H groups in total. The smallest absolute Gasteiger partial charge is 0.410 e. The van der Waals surface area contributed by atoms with Gasteiger partial charge in [-0.1, -0.05) is 0 Å². The number of rotatable bonds is 3. The fourth-order valence-electron chi connectivity index (χ4n) is 3.46. The largest absolute Gasteiger partial charge is 0.444 e. The first-order chi connectivity index (χ1) is 13.5. The Bertz CT molecular complexity index is 790. The van der Waals surface area contributed by atoms with Gasteiger partial charge in [-0.2, -0.15) is 0 Å². The molecule has 9 nitrogen and oxygen atoms in total. The van der Waals surface area contributed by atoms with Crippen LogP contribution in [0.2, 0.25) is 0 Å².